The summed E-state index contributed by atoms with van der Waals surface area (Å²) in [5, 5.41) is 19.7. The summed E-state index contributed by atoms with van der Waals surface area (Å²) in [6, 6.07) is 4.72. The molecule has 0 aromatic heterocycles. The van der Waals surface area contributed by atoms with Crippen LogP contribution >= 0.6 is 0 Å². The van der Waals surface area contributed by atoms with Crippen LogP contribution < -0.4 is 4.90 Å². The summed E-state index contributed by atoms with van der Waals surface area (Å²) >= 11 is 0. The molecule has 21 heavy (non-hydrogen) atoms. The van der Waals surface area contributed by atoms with Gasteiger partial charge < -0.3 is 10.0 Å². The molecule has 0 atom stereocenters. The summed E-state index contributed by atoms with van der Waals surface area (Å²) in [4.78, 5) is 24.4. The number of fused-ring (bicyclic) bond motifs is 1. The van der Waals surface area contributed by atoms with E-state index in [2.05, 4.69) is 0 Å². The van der Waals surface area contributed by atoms with Crippen molar-refractivity contribution in [2.45, 2.75) is 38.5 Å². The lowest BCUT2D eigenvalue weighted by atomic mass is 10.1. The van der Waals surface area contributed by atoms with Crippen molar-refractivity contribution in [3.05, 3.63) is 33.9 Å². The highest BCUT2D eigenvalue weighted by molar-refractivity contribution is 5.95. The van der Waals surface area contributed by atoms with E-state index in [1.807, 2.05) is 0 Å². The van der Waals surface area contributed by atoms with Gasteiger partial charge in [-0.1, -0.05) is 0 Å². The van der Waals surface area contributed by atoms with Crippen molar-refractivity contribution in [1.29, 1.82) is 0 Å². The van der Waals surface area contributed by atoms with E-state index in [0.29, 0.717) is 19.4 Å². The number of non-ortho nitro benzene ring substituents is 1. The number of rotatable bonds is 6. The van der Waals surface area contributed by atoms with Crippen LogP contribution in [0.5, 0.6) is 0 Å². The first-order valence-corrected chi connectivity index (χ1v) is 7.32. The average Bonchev–Trinajstić information content (AvgIpc) is 2.62. The standard InChI is InChI=1S/C15H20N2O4/c18-10-3-1-2-9-16-14-8-7-13(17(20)21)11-12(14)5-4-6-15(16)19/h7-8,11,18H,1-6,9-10H2. The van der Waals surface area contributed by atoms with Crippen molar-refractivity contribution in [2.24, 2.45) is 0 Å². The number of benzene rings is 1. The lowest BCUT2D eigenvalue weighted by Crippen LogP contribution is -2.31. The molecule has 0 unspecified atom stereocenters. The Morgan fingerprint density at radius 2 is 2.05 bits per heavy atom. The van der Waals surface area contributed by atoms with Crippen molar-refractivity contribution >= 4 is 17.3 Å². The molecule has 1 aliphatic rings. The molecule has 0 aliphatic carbocycles. The van der Waals surface area contributed by atoms with Crippen LogP contribution in [0.2, 0.25) is 0 Å². The van der Waals surface area contributed by atoms with E-state index in [9.17, 15) is 14.9 Å². The summed E-state index contributed by atoms with van der Waals surface area (Å²) in [6.07, 6.45) is 4.30. The Morgan fingerprint density at radius 1 is 1.24 bits per heavy atom. The molecule has 0 radical (unpaired) electrons. The summed E-state index contributed by atoms with van der Waals surface area (Å²) in [5.74, 6) is 0.0756. The van der Waals surface area contributed by atoms with E-state index in [-0.39, 0.29) is 18.2 Å². The number of amides is 1. The number of aryl methyl sites for hydroxylation is 1. The maximum Gasteiger partial charge on any atom is 0.269 e. The number of nitrogens with zero attached hydrogens (tertiary/aromatic N) is 2. The molecule has 1 amide bonds. The number of carbonyl (C=O) groups excluding carboxylic acids is 1. The minimum absolute atomic E-state index is 0.0725. The zero-order valence-corrected chi connectivity index (χ0v) is 12.0. The van der Waals surface area contributed by atoms with Crippen molar-refractivity contribution in [3.63, 3.8) is 0 Å². The van der Waals surface area contributed by atoms with Gasteiger partial charge in [-0.15, -0.1) is 0 Å². The molecular formula is C15H20N2O4. The molecule has 0 saturated heterocycles. The molecule has 0 spiro atoms. The highest BCUT2D eigenvalue weighted by Gasteiger charge is 2.23. The van der Waals surface area contributed by atoms with Gasteiger partial charge in [-0.05, 0) is 43.7 Å². The van der Waals surface area contributed by atoms with Crippen molar-refractivity contribution in [1.82, 2.24) is 0 Å². The first kappa shape index (κ1) is 15.4. The van der Waals surface area contributed by atoms with Crippen molar-refractivity contribution in [2.75, 3.05) is 18.1 Å². The fourth-order valence-electron chi connectivity index (χ4n) is 2.65. The Bertz CT molecular complexity index is 530. The summed E-state index contributed by atoms with van der Waals surface area (Å²) in [6.45, 7) is 0.764. The molecule has 1 aromatic rings. The van der Waals surface area contributed by atoms with Gasteiger partial charge in [0.1, 0.15) is 0 Å². The van der Waals surface area contributed by atoms with E-state index >= 15 is 0 Å². The topological polar surface area (TPSA) is 83.7 Å². The number of aliphatic hydroxyl groups is 1. The fourth-order valence-corrected chi connectivity index (χ4v) is 2.65. The van der Waals surface area contributed by atoms with E-state index < -0.39 is 4.92 Å². The fraction of sp³-hybridized carbons (Fsp3) is 0.533. The van der Waals surface area contributed by atoms with Gasteiger partial charge in [0.2, 0.25) is 5.91 Å². The number of nitro benzene ring substituents is 1. The third kappa shape index (κ3) is 3.78. The number of unbranched alkanes of at least 4 members (excludes halogenated alkanes) is 2. The smallest absolute Gasteiger partial charge is 0.269 e. The number of anilines is 1. The molecular weight excluding hydrogens is 272 g/mol. The minimum atomic E-state index is -0.404. The number of nitro groups is 1. The molecule has 114 valence electrons. The molecule has 0 saturated carbocycles. The van der Waals surface area contributed by atoms with Crippen LogP contribution in [0.4, 0.5) is 11.4 Å². The number of hydrogen-bond acceptors (Lipinski definition) is 4. The molecule has 6 heteroatoms. The summed E-state index contributed by atoms with van der Waals surface area (Å²) < 4.78 is 0. The maximum atomic E-state index is 12.2. The third-order valence-electron chi connectivity index (χ3n) is 3.74. The zero-order chi connectivity index (χ0) is 15.2. The van der Waals surface area contributed by atoms with Gasteiger partial charge in [0.05, 0.1) is 4.92 Å². The SMILES string of the molecule is O=C1CCCc2cc([N+](=O)[O-])ccc2N1CCCCCO. The molecule has 1 aliphatic heterocycles. The van der Waals surface area contributed by atoms with Crippen LogP contribution in [0.1, 0.15) is 37.7 Å². The van der Waals surface area contributed by atoms with Crippen LogP contribution in [0, 0.1) is 10.1 Å². The highest BCUT2D eigenvalue weighted by Crippen LogP contribution is 2.30. The molecule has 1 heterocycles. The predicted octanol–water partition coefficient (Wildman–Crippen LogP) is 2.43. The Labute approximate surface area is 123 Å². The normalized spacial score (nSPS) is 14.7. The minimum Gasteiger partial charge on any atom is -0.396 e. The average molecular weight is 292 g/mol. The number of carbonyl (C=O) groups is 1. The van der Waals surface area contributed by atoms with E-state index in [0.717, 1.165) is 36.9 Å². The van der Waals surface area contributed by atoms with Crippen LogP contribution in [-0.4, -0.2) is 29.1 Å². The Hall–Kier alpha value is -1.95. The Balaban J connectivity index is 2.20. The van der Waals surface area contributed by atoms with Crippen LogP contribution in [0.25, 0.3) is 0 Å². The molecule has 0 fully saturated rings. The molecule has 2 rings (SSSR count). The predicted molar refractivity (Wildman–Crippen MR) is 79.3 cm³/mol. The quantitative estimate of drug-likeness (QED) is 0.496. The van der Waals surface area contributed by atoms with Gasteiger partial charge in [0.25, 0.3) is 5.69 Å². The van der Waals surface area contributed by atoms with E-state index in [1.54, 1.807) is 17.0 Å². The van der Waals surface area contributed by atoms with Gasteiger partial charge in [-0.2, -0.15) is 0 Å². The molecule has 1 N–H and O–H groups in total. The molecule has 6 nitrogen and oxygen atoms in total. The van der Waals surface area contributed by atoms with Gasteiger partial charge in [0.15, 0.2) is 0 Å². The molecule has 0 bridgehead atoms. The van der Waals surface area contributed by atoms with Crippen LogP contribution in [-0.2, 0) is 11.2 Å². The lowest BCUT2D eigenvalue weighted by Gasteiger charge is -2.23. The summed E-state index contributed by atoms with van der Waals surface area (Å²) in [5.41, 5.74) is 1.74. The van der Waals surface area contributed by atoms with Crippen molar-refractivity contribution < 1.29 is 14.8 Å². The van der Waals surface area contributed by atoms with Gasteiger partial charge in [0, 0.05) is 37.4 Å². The monoisotopic (exact) mass is 292 g/mol. The van der Waals surface area contributed by atoms with Gasteiger partial charge in [-0.3, -0.25) is 14.9 Å². The van der Waals surface area contributed by atoms with Gasteiger partial charge >= 0.3 is 0 Å². The van der Waals surface area contributed by atoms with Crippen LogP contribution in [0.15, 0.2) is 18.2 Å². The second-order valence-electron chi connectivity index (χ2n) is 5.25. The number of hydrogen-bond donors (Lipinski definition) is 1. The van der Waals surface area contributed by atoms with Crippen molar-refractivity contribution in [3.8, 4) is 0 Å². The first-order chi connectivity index (χ1) is 10.1. The highest BCUT2D eigenvalue weighted by atomic mass is 16.6. The zero-order valence-electron chi connectivity index (χ0n) is 12.0. The van der Waals surface area contributed by atoms with E-state index in [4.69, 9.17) is 5.11 Å². The van der Waals surface area contributed by atoms with Gasteiger partial charge in [-0.25, -0.2) is 0 Å². The summed E-state index contributed by atoms with van der Waals surface area (Å²) in [7, 11) is 0. The lowest BCUT2D eigenvalue weighted by molar-refractivity contribution is -0.384. The number of aliphatic hydroxyl groups excluding tert-OH is 1. The largest absolute Gasteiger partial charge is 0.396 e. The maximum absolute atomic E-state index is 12.2. The van der Waals surface area contributed by atoms with E-state index in [1.165, 1.54) is 6.07 Å². The second-order valence-corrected chi connectivity index (χ2v) is 5.25. The second kappa shape index (κ2) is 7.17. The van der Waals surface area contributed by atoms with Crippen LogP contribution in [0.3, 0.4) is 0 Å². The third-order valence-corrected chi connectivity index (χ3v) is 3.74. The molecule has 1 aromatic carbocycles. The Morgan fingerprint density at radius 3 is 2.76 bits per heavy atom. The first-order valence-electron chi connectivity index (χ1n) is 7.32. The Kier molecular flexibility index (Phi) is 5.27.